The van der Waals surface area contributed by atoms with Gasteiger partial charge in [0.2, 0.25) is 5.91 Å². The molecule has 3 rings (SSSR count). The van der Waals surface area contributed by atoms with Gasteiger partial charge in [-0.25, -0.2) is 0 Å². The topological polar surface area (TPSA) is 86.7 Å². The van der Waals surface area contributed by atoms with Gasteiger partial charge < -0.3 is 15.3 Å². The van der Waals surface area contributed by atoms with Crippen LogP contribution in [0.3, 0.4) is 0 Å². The maximum Gasteiger partial charge on any atom is 0.310 e. The van der Waals surface area contributed by atoms with Crippen LogP contribution in [0.4, 0.5) is 0 Å². The number of amides is 2. The second kappa shape index (κ2) is 8.20. The van der Waals surface area contributed by atoms with Crippen LogP contribution in [0, 0.1) is 5.92 Å². The number of carbonyl (C=O) groups is 3. The van der Waals surface area contributed by atoms with Crippen molar-refractivity contribution in [3.05, 3.63) is 48.0 Å². The Kier molecular flexibility index (Phi) is 5.74. The normalized spacial score (nSPS) is 19.4. The molecule has 6 heteroatoms. The van der Waals surface area contributed by atoms with Crippen molar-refractivity contribution in [2.45, 2.75) is 32.2 Å². The van der Waals surface area contributed by atoms with Gasteiger partial charge in [-0.1, -0.05) is 50.1 Å². The van der Waals surface area contributed by atoms with Gasteiger partial charge in [-0.3, -0.25) is 14.4 Å². The van der Waals surface area contributed by atoms with Crippen molar-refractivity contribution >= 4 is 28.6 Å². The van der Waals surface area contributed by atoms with E-state index in [2.05, 4.69) is 12.2 Å². The third-order valence-electron chi connectivity index (χ3n) is 5.04. The molecule has 2 amide bonds. The van der Waals surface area contributed by atoms with Crippen molar-refractivity contribution in [3.8, 4) is 0 Å². The van der Waals surface area contributed by atoms with Crippen molar-refractivity contribution in [2.75, 3.05) is 13.1 Å². The van der Waals surface area contributed by atoms with Gasteiger partial charge in [0.25, 0.3) is 5.91 Å². The molecule has 0 bridgehead atoms. The van der Waals surface area contributed by atoms with Crippen LogP contribution in [0.25, 0.3) is 10.8 Å². The van der Waals surface area contributed by atoms with E-state index in [1.807, 2.05) is 30.3 Å². The van der Waals surface area contributed by atoms with E-state index in [1.54, 1.807) is 17.0 Å². The molecule has 0 spiro atoms. The molecule has 2 atom stereocenters. The summed E-state index contributed by atoms with van der Waals surface area (Å²) < 4.78 is 0. The molecule has 6 nitrogen and oxygen atoms in total. The molecule has 142 valence electrons. The highest BCUT2D eigenvalue weighted by Gasteiger charge is 2.45. The lowest BCUT2D eigenvalue weighted by Crippen LogP contribution is -2.46. The van der Waals surface area contributed by atoms with E-state index in [4.69, 9.17) is 0 Å². The first-order valence-electron chi connectivity index (χ1n) is 9.32. The second-order valence-corrected chi connectivity index (χ2v) is 6.95. The van der Waals surface area contributed by atoms with Crippen LogP contribution in [0.2, 0.25) is 0 Å². The first-order chi connectivity index (χ1) is 13.0. The predicted octanol–water partition coefficient (Wildman–Crippen LogP) is 2.67. The van der Waals surface area contributed by atoms with Gasteiger partial charge >= 0.3 is 5.97 Å². The molecule has 2 aromatic rings. The molecule has 1 saturated heterocycles. The fourth-order valence-corrected chi connectivity index (χ4v) is 3.49. The fourth-order valence-electron chi connectivity index (χ4n) is 3.49. The minimum Gasteiger partial charge on any atom is -0.481 e. The number of carbonyl (C=O) groups excluding carboxylic acids is 2. The molecule has 0 aliphatic carbocycles. The van der Waals surface area contributed by atoms with Gasteiger partial charge in [0.05, 0.1) is 0 Å². The number of fused-ring (bicyclic) bond motifs is 1. The number of likely N-dealkylation sites (tertiary alicyclic amines) is 1. The summed E-state index contributed by atoms with van der Waals surface area (Å²) in [5, 5.41) is 14.1. The second-order valence-electron chi connectivity index (χ2n) is 6.95. The largest absolute Gasteiger partial charge is 0.481 e. The molecular weight excluding hydrogens is 344 g/mol. The summed E-state index contributed by atoms with van der Waals surface area (Å²) in [5.41, 5.74) is 0.412. The Morgan fingerprint density at radius 2 is 1.89 bits per heavy atom. The molecule has 27 heavy (non-hydrogen) atoms. The van der Waals surface area contributed by atoms with E-state index in [1.165, 1.54) is 0 Å². The molecule has 1 aliphatic rings. The standard InChI is InChI=1S/C21H24N2O4/c1-2-3-6-11-23-13-17(21(26)27)18(20(23)25)22-19(24)16-10-9-14-7-4-5-8-15(14)12-16/h4-5,7-10,12,17-18H,2-3,6,11,13H2,1H3,(H,22,24)(H,26,27). The van der Waals surface area contributed by atoms with E-state index < -0.39 is 23.8 Å². The van der Waals surface area contributed by atoms with E-state index in [0.29, 0.717) is 12.1 Å². The van der Waals surface area contributed by atoms with Crippen molar-refractivity contribution in [1.29, 1.82) is 0 Å². The van der Waals surface area contributed by atoms with Gasteiger partial charge in [-0.05, 0) is 29.3 Å². The molecule has 0 saturated carbocycles. The lowest BCUT2D eigenvalue weighted by Gasteiger charge is -2.17. The Bertz CT molecular complexity index is 864. The number of nitrogens with one attached hydrogen (secondary N) is 1. The predicted molar refractivity (Wildman–Crippen MR) is 102 cm³/mol. The van der Waals surface area contributed by atoms with Crippen LogP contribution in [-0.4, -0.2) is 46.9 Å². The number of carboxylic acid groups (broad SMARTS) is 1. The maximum absolute atomic E-state index is 12.7. The van der Waals surface area contributed by atoms with Crippen LogP contribution in [-0.2, 0) is 9.59 Å². The average Bonchev–Trinajstić information content (AvgIpc) is 2.98. The van der Waals surface area contributed by atoms with E-state index >= 15 is 0 Å². The number of benzene rings is 2. The highest BCUT2D eigenvalue weighted by molar-refractivity contribution is 6.02. The molecule has 1 aliphatic heterocycles. The summed E-state index contributed by atoms with van der Waals surface area (Å²) in [6.07, 6.45) is 2.84. The van der Waals surface area contributed by atoms with Gasteiger partial charge in [0, 0.05) is 18.7 Å². The number of aliphatic carboxylic acids is 1. The fraction of sp³-hybridized carbons (Fsp3) is 0.381. The number of rotatable bonds is 7. The minimum atomic E-state index is -1.06. The molecule has 0 radical (unpaired) electrons. The van der Waals surface area contributed by atoms with Crippen molar-refractivity contribution < 1.29 is 19.5 Å². The number of nitrogens with zero attached hydrogens (tertiary/aromatic N) is 1. The quantitative estimate of drug-likeness (QED) is 0.736. The van der Waals surface area contributed by atoms with Crippen molar-refractivity contribution in [3.63, 3.8) is 0 Å². The van der Waals surface area contributed by atoms with Gasteiger partial charge in [0.1, 0.15) is 12.0 Å². The number of unbranched alkanes of at least 4 members (excludes halogenated alkanes) is 2. The summed E-state index contributed by atoms with van der Waals surface area (Å²) in [5.74, 6) is -2.73. The lowest BCUT2D eigenvalue weighted by molar-refractivity contribution is -0.142. The van der Waals surface area contributed by atoms with Gasteiger partial charge in [-0.15, -0.1) is 0 Å². The van der Waals surface area contributed by atoms with Crippen LogP contribution in [0.15, 0.2) is 42.5 Å². The first kappa shape index (κ1) is 18.9. The van der Waals surface area contributed by atoms with E-state index in [9.17, 15) is 19.5 Å². The van der Waals surface area contributed by atoms with Crippen LogP contribution in [0.5, 0.6) is 0 Å². The van der Waals surface area contributed by atoms with Crippen LogP contribution >= 0.6 is 0 Å². The Balaban J connectivity index is 1.75. The molecule has 1 fully saturated rings. The third kappa shape index (κ3) is 4.10. The van der Waals surface area contributed by atoms with Gasteiger partial charge in [-0.2, -0.15) is 0 Å². The monoisotopic (exact) mass is 368 g/mol. The Labute approximate surface area is 158 Å². The highest BCUT2D eigenvalue weighted by Crippen LogP contribution is 2.21. The zero-order valence-corrected chi connectivity index (χ0v) is 15.4. The number of hydrogen-bond acceptors (Lipinski definition) is 3. The van der Waals surface area contributed by atoms with Crippen LogP contribution in [0.1, 0.15) is 36.5 Å². The highest BCUT2D eigenvalue weighted by atomic mass is 16.4. The summed E-state index contributed by atoms with van der Waals surface area (Å²) in [4.78, 5) is 38.4. The smallest absolute Gasteiger partial charge is 0.310 e. The first-order valence-corrected chi connectivity index (χ1v) is 9.32. The van der Waals surface area contributed by atoms with Crippen LogP contribution < -0.4 is 5.32 Å². The Morgan fingerprint density at radius 3 is 2.59 bits per heavy atom. The summed E-state index contributed by atoms with van der Waals surface area (Å²) in [7, 11) is 0. The summed E-state index contributed by atoms with van der Waals surface area (Å²) >= 11 is 0. The molecule has 2 aromatic carbocycles. The molecule has 1 heterocycles. The molecule has 2 N–H and O–H groups in total. The molecular formula is C21H24N2O4. The summed E-state index contributed by atoms with van der Waals surface area (Å²) in [6, 6.07) is 11.9. The molecule has 2 unspecified atom stereocenters. The number of hydrogen-bond donors (Lipinski definition) is 2. The van der Waals surface area contributed by atoms with E-state index in [-0.39, 0.29) is 12.5 Å². The molecule has 0 aromatic heterocycles. The Hall–Kier alpha value is -2.89. The lowest BCUT2D eigenvalue weighted by atomic mass is 10.0. The SMILES string of the molecule is CCCCCN1CC(C(=O)O)C(NC(=O)c2ccc3ccccc3c2)C1=O. The van der Waals surface area contributed by atoms with Crippen molar-refractivity contribution in [2.24, 2.45) is 5.92 Å². The zero-order chi connectivity index (χ0) is 19.4. The average molecular weight is 368 g/mol. The van der Waals surface area contributed by atoms with Gasteiger partial charge in [0.15, 0.2) is 0 Å². The van der Waals surface area contributed by atoms with Crippen molar-refractivity contribution in [1.82, 2.24) is 10.2 Å². The third-order valence-corrected chi connectivity index (χ3v) is 5.04. The number of carboxylic acids is 1. The zero-order valence-electron chi connectivity index (χ0n) is 15.4. The van der Waals surface area contributed by atoms with E-state index in [0.717, 1.165) is 30.0 Å². The maximum atomic E-state index is 12.7. The Morgan fingerprint density at radius 1 is 1.15 bits per heavy atom. The summed E-state index contributed by atoms with van der Waals surface area (Å²) in [6.45, 7) is 2.73. The minimum absolute atomic E-state index is 0.139.